The zero-order chi connectivity index (χ0) is 18.3. The van der Waals surface area contributed by atoms with Crippen molar-refractivity contribution in [3.05, 3.63) is 34.9 Å². The van der Waals surface area contributed by atoms with Gasteiger partial charge in [0, 0.05) is 18.5 Å². The minimum atomic E-state index is -5.13. The van der Waals surface area contributed by atoms with Gasteiger partial charge in [0.2, 0.25) is 5.91 Å². The smallest absolute Gasteiger partial charge is 0.355 e. The maximum atomic E-state index is 12.8. The number of carbonyl (C=O) groups excluding carboxylic acids is 3. The highest BCUT2D eigenvalue weighted by Gasteiger charge is 2.41. The van der Waals surface area contributed by atoms with E-state index < -0.39 is 52.4 Å². The Morgan fingerprint density at radius 3 is 1.88 bits per heavy atom. The molecule has 0 aromatic heterocycles. The summed E-state index contributed by atoms with van der Waals surface area (Å²) in [5.74, 6) is -5.23. The molecule has 0 radical (unpaired) electrons. The van der Waals surface area contributed by atoms with Gasteiger partial charge in [0.1, 0.15) is 0 Å². The first-order chi connectivity index (χ1) is 10.9. The van der Waals surface area contributed by atoms with Gasteiger partial charge in [-0.2, -0.15) is 26.3 Å². The molecule has 24 heavy (non-hydrogen) atoms. The van der Waals surface area contributed by atoms with E-state index in [-0.39, 0.29) is 31.2 Å². The van der Waals surface area contributed by atoms with Crippen LogP contribution in [-0.4, -0.2) is 24.0 Å². The number of carbonyl (C=O) groups is 3. The fraction of sp³-hybridized carbons (Fsp3) is 0.357. The van der Waals surface area contributed by atoms with E-state index in [4.69, 9.17) is 0 Å². The molecule has 0 aliphatic carbocycles. The van der Waals surface area contributed by atoms with Gasteiger partial charge in [-0.25, -0.2) is 0 Å². The van der Waals surface area contributed by atoms with Gasteiger partial charge in [-0.05, 0) is 18.2 Å². The van der Waals surface area contributed by atoms with Crippen LogP contribution in [-0.2, 0) is 21.9 Å². The fourth-order valence-corrected chi connectivity index (χ4v) is 2.23. The zero-order valence-corrected chi connectivity index (χ0v) is 11.7. The van der Waals surface area contributed by atoms with Gasteiger partial charge in [0.25, 0.3) is 0 Å². The summed E-state index contributed by atoms with van der Waals surface area (Å²) >= 11 is 0. The van der Waals surface area contributed by atoms with Gasteiger partial charge >= 0.3 is 12.4 Å². The number of hydrogen-bond donors (Lipinski definition) is 1. The average Bonchev–Trinajstić information content (AvgIpc) is 2.44. The summed E-state index contributed by atoms with van der Waals surface area (Å²) < 4.78 is 76.6. The normalized spacial score (nSPS) is 19.2. The standard InChI is InChI=1S/C14H9F6NO3/c15-13(16,17)7-3-6(4-8(5-7)14(18,19)20)11(23)10-9(22)1-2-21-12(10)24/h3-5,10H,1-2H2,(H,21,24). The predicted molar refractivity (Wildman–Crippen MR) is 66.9 cm³/mol. The molecular formula is C14H9F6NO3. The molecule has 1 saturated heterocycles. The van der Waals surface area contributed by atoms with Crippen LogP contribution in [0.25, 0.3) is 0 Å². The number of ketones is 2. The zero-order valence-electron chi connectivity index (χ0n) is 11.7. The second-order valence-electron chi connectivity index (χ2n) is 5.10. The third-order valence-corrected chi connectivity index (χ3v) is 3.39. The van der Waals surface area contributed by atoms with Gasteiger partial charge in [0.15, 0.2) is 17.5 Å². The van der Waals surface area contributed by atoms with Gasteiger partial charge < -0.3 is 5.32 Å². The van der Waals surface area contributed by atoms with Crippen molar-refractivity contribution >= 4 is 17.5 Å². The Hall–Kier alpha value is -2.39. The molecule has 1 heterocycles. The molecule has 0 bridgehead atoms. The number of benzene rings is 1. The van der Waals surface area contributed by atoms with Crippen LogP contribution >= 0.6 is 0 Å². The summed E-state index contributed by atoms with van der Waals surface area (Å²) in [6.45, 7) is -0.0438. The van der Waals surface area contributed by atoms with E-state index in [0.29, 0.717) is 0 Å². The Bertz CT molecular complexity index is 659. The van der Waals surface area contributed by atoms with Gasteiger partial charge in [-0.3, -0.25) is 14.4 Å². The van der Waals surface area contributed by atoms with Crippen molar-refractivity contribution in [2.45, 2.75) is 18.8 Å². The molecule has 4 nitrogen and oxygen atoms in total. The first-order valence-corrected chi connectivity index (χ1v) is 6.55. The number of hydrogen-bond acceptors (Lipinski definition) is 3. The molecule has 1 unspecified atom stereocenters. The van der Waals surface area contributed by atoms with E-state index >= 15 is 0 Å². The van der Waals surface area contributed by atoms with Crippen molar-refractivity contribution in [1.29, 1.82) is 0 Å². The number of Topliss-reactive ketones (excluding diaryl/α,β-unsaturated/α-hetero) is 2. The van der Waals surface area contributed by atoms with E-state index in [2.05, 4.69) is 5.32 Å². The Kier molecular flexibility index (Phi) is 4.42. The second kappa shape index (κ2) is 5.91. The largest absolute Gasteiger partial charge is 0.416 e. The Labute approximate surface area is 130 Å². The first-order valence-electron chi connectivity index (χ1n) is 6.55. The predicted octanol–water partition coefficient (Wildman–Crippen LogP) is 2.61. The molecule has 1 aliphatic heterocycles. The summed E-state index contributed by atoms with van der Waals surface area (Å²) in [5.41, 5.74) is -4.37. The van der Waals surface area contributed by atoms with Crippen LogP contribution in [0.1, 0.15) is 27.9 Å². The highest BCUT2D eigenvalue weighted by molar-refractivity contribution is 6.24. The molecule has 1 aromatic rings. The number of halogens is 6. The molecule has 130 valence electrons. The molecule has 1 aromatic carbocycles. The lowest BCUT2D eigenvalue weighted by Crippen LogP contribution is -2.46. The Morgan fingerprint density at radius 1 is 0.958 bits per heavy atom. The molecule has 0 spiro atoms. The summed E-state index contributed by atoms with van der Waals surface area (Å²) in [6.07, 6.45) is -10.5. The Morgan fingerprint density at radius 2 is 1.46 bits per heavy atom. The maximum Gasteiger partial charge on any atom is 0.416 e. The quantitative estimate of drug-likeness (QED) is 0.505. The van der Waals surface area contributed by atoms with E-state index in [0.717, 1.165) is 0 Å². The number of rotatable bonds is 2. The van der Waals surface area contributed by atoms with Crippen molar-refractivity contribution in [1.82, 2.24) is 5.32 Å². The minimum absolute atomic E-state index is 0.0438. The van der Waals surface area contributed by atoms with E-state index in [1.807, 2.05) is 0 Å². The van der Waals surface area contributed by atoms with Crippen LogP contribution in [0.3, 0.4) is 0 Å². The van der Waals surface area contributed by atoms with Crippen molar-refractivity contribution in [3.8, 4) is 0 Å². The van der Waals surface area contributed by atoms with Gasteiger partial charge in [-0.1, -0.05) is 0 Å². The lowest BCUT2D eigenvalue weighted by atomic mass is 9.87. The van der Waals surface area contributed by atoms with E-state index in [9.17, 15) is 40.7 Å². The number of nitrogens with one attached hydrogen (secondary N) is 1. The Balaban J connectivity index is 2.54. The van der Waals surface area contributed by atoms with Crippen LogP contribution in [0, 0.1) is 5.92 Å². The minimum Gasteiger partial charge on any atom is -0.355 e. The third kappa shape index (κ3) is 3.57. The molecular weight excluding hydrogens is 344 g/mol. The molecule has 1 N–H and O–H groups in total. The molecule has 1 fully saturated rings. The number of piperidine rings is 1. The second-order valence-corrected chi connectivity index (χ2v) is 5.10. The van der Waals surface area contributed by atoms with Crippen LogP contribution in [0.15, 0.2) is 18.2 Å². The highest BCUT2D eigenvalue weighted by Crippen LogP contribution is 2.36. The molecule has 1 amide bonds. The summed E-state index contributed by atoms with van der Waals surface area (Å²) in [5, 5.41) is 2.18. The lowest BCUT2D eigenvalue weighted by molar-refractivity contribution is -0.143. The average molecular weight is 353 g/mol. The monoisotopic (exact) mass is 353 g/mol. The summed E-state index contributed by atoms with van der Waals surface area (Å²) in [7, 11) is 0. The van der Waals surface area contributed by atoms with Crippen molar-refractivity contribution < 1.29 is 40.7 Å². The van der Waals surface area contributed by atoms with Crippen molar-refractivity contribution in [3.63, 3.8) is 0 Å². The SMILES string of the molecule is O=C1CCNC(=O)C1C(=O)c1cc(C(F)(F)F)cc(C(F)(F)F)c1. The lowest BCUT2D eigenvalue weighted by Gasteiger charge is -2.20. The topological polar surface area (TPSA) is 63.2 Å². The molecule has 0 saturated carbocycles. The highest BCUT2D eigenvalue weighted by atomic mass is 19.4. The molecule has 1 atom stereocenters. The van der Waals surface area contributed by atoms with Crippen LogP contribution < -0.4 is 5.32 Å². The van der Waals surface area contributed by atoms with Crippen LogP contribution in [0.2, 0.25) is 0 Å². The van der Waals surface area contributed by atoms with E-state index in [1.54, 1.807) is 0 Å². The van der Waals surface area contributed by atoms with Crippen LogP contribution in [0.4, 0.5) is 26.3 Å². The van der Waals surface area contributed by atoms with Crippen molar-refractivity contribution in [2.75, 3.05) is 6.54 Å². The van der Waals surface area contributed by atoms with Crippen molar-refractivity contribution in [2.24, 2.45) is 5.92 Å². The first kappa shape index (κ1) is 18.0. The van der Waals surface area contributed by atoms with Gasteiger partial charge in [-0.15, -0.1) is 0 Å². The summed E-state index contributed by atoms with van der Waals surface area (Å²) in [6, 6.07) is 0.263. The van der Waals surface area contributed by atoms with Crippen LogP contribution in [0.5, 0.6) is 0 Å². The summed E-state index contributed by atoms with van der Waals surface area (Å²) in [4.78, 5) is 35.4. The number of alkyl halides is 6. The van der Waals surface area contributed by atoms with E-state index in [1.165, 1.54) is 0 Å². The molecule has 10 heteroatoms. The third-order valence-electron chi connectivity index (χ3n) is 3.39. The maximum absolute atomic E-state index is 12.8. The fourth-order valence-electron chi connectivity index (χ4n) is 2.23. The molecule has 1 aliphatic rings. The number of amides is 1. The van der Waals surface area contributed by atoms with Gasteiger partial charge in [0.05, 0.1) is 11.1 Å². The molecule has 2 rings (SSSR count).